The van der Waals surface area contributed by atoms with E-state index >= 15 is 0 Å². The van der Waals surface area contributed by atoms with Gasteiger partial charge in [-0.25, -0.2) is 13.9 Å². The molecule has 6 nitrogen and oxygen atoms in total. The Hall–Kier alpha value is -3.07. The summed E-state index contributed by atoms with van der Waals surface area (Å²) in [6.07, 6.45) is 3.14. The first-order valence-corrected chi connectivity index (χ1v) is 7.73. The molecule has 0 atom stereocenters. The van der Waals surface area contributed by atoms with Crippen LogP contribution in [0.1, 0.15) is 32.3 Å². The minimum Gasteiger partial charge on any atom is -0.280 e. The van der Waals surface area contributed by atoms with E-state index in [4.69, 9.17) is 0 Å². The van der Waals surface area contributed by atoms with Crippen LogP contribution in [0.4, 0.5) is 0 Å². The van der Waals surface area contributed by atoms with Gasteiger partial charge in [-0.15, -0.1) is 11.0 Å². The maximum atomic E-state index is 12.7. The van der Waals surface area contributed by atoms with E-state index in [1.807, 2.05) is 24.3 Å². The van der Waals surface area contributed by atoms with Crippen molar-refractivity contribution in [1.82, 2.24) is 18.7 Å². The van der Waals surface area contributed by atoms with Gasteiger partial charge in [0.1, 0.15) is 6.54 Å². The third-order valence-electron chi connectivity index (χ3n) is 3.89. The van der Waals surface area contributed by atoms with Gasteiger partial charge in [0, 0.05) is 18.1 Å². The van der Waals surface area contributed by atoms with Crippen molar-refractivity contribution in [1.29, 1.82) is 0 Å². The monoisotopic (exact) mass is 322 g/mol. The Bertz CT molecular complexity index is 1060. The molecule has 0 bridgehead atoms. The molecule has 0 amide bonds. The van der Waals surface area contributed by atoms with Crippen LogP contribution in [-0.2, 0) is 6.54 Å². The fourth-order valence-corrected chi connectivity index (χ4v) is 2.49. The largest absolute Gasteiger partial charge is 0.351 e. The second-order valence-corrected chi connectivity index (χ2v) is 5.78. The molecule has 3 aromatic rings. The molecule has 3 rings (SSSR count). The molecule has 0 saturated carbocycles. The lowest BCUT2D eigenvalue weighted by Gasteiger charge is -2.08. The first-order valence-electron chi connectivity index (χ1n) is 7.73. The lowest BCUT2D eigenvalue weighted by molar-refractivity contribution is 0.684. The Balaban J connectivity index is 2.13. The zero-order chi connectivity index (χ0) is 17.3. The van der Waals surface area contributed by atoms with Crippen molar-refractivity contribution in [2.24, 2.45) is 0 Å². The number of aromatic nitrogens is 4. The molecule has 0 aliphatic heterocycles. The third kappa shape index (κ3) is 2.65. The number of rotatable bonds is 3. The van der Waals surface area contributed by atoms with E-state index in [1.165, 1.54) is 19.2 Å². The molecular weight excluding hydrogens is 304 g/mol. The summed E-state index contributed by atoms with van der Waals surface area (Å²) in [5, 5.41) is 4.11. The molecule has 0 fully saturated rings. The van der Waals surface area contributed by atoms with Crippen molar-refractivity contribution >= 4 is 5.65 Å². The van der Waals surface area contributed by atoms with Crippen LogP contribution in [0.15, 0.2) is 46.2 Å². The van der Waals surface area contributed by atoms with Crippen LogP contribution in [0.3, 0.4) is 0 Å². The van der Waals surface area contributed by atoms with E-state index in [-0.39, 0.29) is 23.4 Å². The molecule has 0 N–H and O–H groups in total. The van der Waals surface area contributed by atoms with Gasteiger partial charge in [0.15, 0.2) is 0 Å². The molecule has 1 aromatic carbocycles. The lowest BCUT2D eigenvalue weighted by atomic mass is 10.0. The standard InChI is InChI=1S/C18H18N4O2/c1-4-5-10-22-18(24)21-12-11-20(17(23)16(21)19-22)15-8-6-14(7-9-15)13(2)3/h6-9,11-13H,10H2,1-3H3. The Morgan fingerprint density at radius 3 is 2.46 bits per heavy atom. The summed E-state index contributed by atoms with van der Waals surface area (Å²) in [7, 11) is 0. The SMILES string of the molecule is CC#CCn1nc2c(=O)n(-c3ccc(C(C)C)cc3)ccn2c1=O. The molecule has 2 aromatic heterocycles. The van der Waals surface area contributed by atoms with Crippen molar-refractivity contribution in [2.75, 3.05) is 0 Å². The van der Waals surface area contributed by atoms with Crippen molar-refractivity contribution in [3.8, 4) is 17.5 Å². The number of nitrogens with zero attached hydrogens (tertiary/aromatic N) is 4. The van der Waals surface area contributed by atoms with Crippen LogP contribution >= 0.6 is 0 Å². The average Bonchev–Trinajstić information content (AvgIpc) is 2.91. The quantitative estimate of drug-likeness (QED) is 0.691. The van der Waals surface area contributed by atoms with Gasteiger partial charge in [0.2, 0.25) is 5.65 Å². The first kappa shape index (κ1) is 15.8. The van der Waals surface area contributed by atoms with E-state index in [9.17, 15) is 9.59 Å². The van der Waals surface area contributed by atoms with Crippen molar-refractivity contribution in [2.45, 2.75) is 33.2 Å². The summed E-state index contributed by atoms with van der Waals surface area (Å²) in [5.41, 5.74) is 1.32. The van der Waals surface area contributed by atoms with Gasteiger partial charge in [-0.1, -0.05) is 31.9 Å². The maximum absolute atomic E-state index is 12.7. The molecule has 0 saturated heterocycles. The summed E-state index contributed by atoms with van der Waals surface area (Å²) in [5.74, 6) is 5.91. The average molecular weight is 322 g/mol. The molecule has 122 valence electrons. The summed E-state index contributed by atoms with van der Waals surface area (Å²) in [4.78, 5) is 24.9. The zero-order valence-electron chi connectivity index (χ0n) is 13.9. The fraction of sp³-hybridized carbons (Fsp3) is 0.278. The van der Waals surface area contributed by atoms with Gasteiger partial charge in [0.25, 0.3) is 0 Å². The number of hydrogen-bond donors (Lipinski definition) is 0. The molecule has 0 spiro atoms. The minimum absolute atomic E-state index is 0.0911. The smallest absolute Gasteiger partial charge is 0.280 e. The third-order valence-corrected chi connectivity index (χ3v) is 3.89. The molecule has 0 radical (unpaired) electrons. The highest BCUT2D eigenvalue weighted by Gasteiger charge is 2.12. The molecule has 0 unspecified atom stereocenters. The molecule has 2 heterocycles. The predicted octanol–water partition coefficient (Wildman–Crippen LogP) is 1.79. The first-order chi connectivity index (χ1) is 11.5. The molecule has 0 aliphatic carbocycles. The Morgan fingerprint density at radius 1 is 1.12 bits per heavy atom. The molecular formula is C18H18N4O2. The van der Waals surface area contributed by atoms with Crippen LogP contribution in [-0.4, -0.2) is 18.7 Å². The van der Waals surface area contributed by atoms with Gasteiger partial charge >= 0.3 is 11.2 Å². The number of fused-ring (bicyclic) bond motifs is 1. The van der Waals surface area contributed by atoms with Crippen LogP contribution in [0.2, 0.25) is 0 Å². The van der Waals surface area contributed by atoms with E-state index in [1.54, 1.807) is 19.3 Å². The summed E-state index contributed by atoms with van der Waals surface area (Å²) in [6.45, 7) is 6.09. The second kappa shape index (κ2) is 6.20. The number of hydrogen-bond acceptors (Lipinski definition) is 3. The highest BCUT2D eigenvalue weighted by molar-refractivity contribution is 5.41. The normalized spacial score (nSPS) is 10.8. The maximum Gasteiger partial charge on any atom is 0.351 e. The highest BCUT2D eigenvalue weighted by atomic mass is 16.2. The van der Waals surface area contributed by atoms with E-state index in [2.05, 4.69) is 30.8 Å². The Labute approximate surface area is 139 Å². The van der Waals surface area contributed by atoms with Crippen LogP contribution in [0.25, 0.3) is 11.3 Å². The molecule has 0 aliphatic rings. The van der Waals surface area contributed by atoms with Gasteiger partial charge in [-0.3, -0.25) is 9.36 Å². The van der Waals surface area contributed by atoms with Crippen LogP contribution in [0, 0.1) is 11.8 Å². The molecule has 6 heteroatoms. The van der Waals surface area contributed by atoms with Crippen LogP contribution < -0.4 is 11.2 Å². The summed E-state index contributed by atoms with van der Waals surface area (Å²) in [6, 6.07) is 7.78. The highest BCUT2D eigenvalue weighted by Crippen LogP contribution is 2.16. The fourth-order valence-electron chi connectivity index (χ4n) is 2.49. The lowest BCUT2D eigenvalue weighted by Crippen LogP contribution is -2.24. The van der Waals surface area contributed by atoms with Gasteiger partial charge in [-0.05, 0) is 30.5 Å². The van der Waals surface area contributed by atoms with Gasteiger partial charge in [-0.2, -0.15) is 0 Å². The van der Waals surface area contributed by atoms with Gasteiger partial charge < -0.3 is 0 Å². The van der Waals surface area contributed by atoms with Gasteiger partial charge in [0.05, 0.1) is 0 Å². The Morgan fingerprint density at radius 2 is 1.83 bits per heavy atom. The van der Waals surface area contributed by atoms with Crippen molar-refractivity contribution in [3.05, 3.63) is 63.1 Å². The minimum atomic E-state index is -0.368. The second-order valence-electron chi connectivity index (χ2n) is 5.78. The van der Waals surface area contributed by atoms with E-state index in [0.717, 1.165) is 5.69 Å². The molecule has 24 heavy (non-hydrogen) atoms. The van der Waals surface area contributed by atoms with E-state index < -0.39 is 0 Å². The van der Waals surface area contributed by atoms with Crippen LogP contribution in [0.5, 0.6) is 0 Å². The topological polar surface area (TPSA) is 61.3 Å². The summed E-state index contributed by atoms with van der Waals surface area (Å²) >= 11 is 0. The van der Waals surface area contributed by atoms with E-state index in [0.29, 0.717) is 5.92 Å². The number of benzene rings is 1. The zero-order valence-corrected chi connectivity index (χ0v) is 13.9. The summed E-state index contributed by atoms with van der Waals surface area (Å²) < 4.78 is 3.93. The Kier molecular flexibility index (Phi) is 4.09. The van der Waals surface area contributed by atoms with Crippen molar-refractivity contribution in [3.63, 3.8) is 0 Å². The predicted molar refractivity (Wildman–Crippen MR) is 92.6 cm³/mol. The van der Waals surface area contributed by atoms with Crippen molar-refractivity contribution < 1.29 is 0 Å².